The molecule has 0 bridgehead atoms. The number of amides is 2. The zero-order chi connectivity index (χ0) is 14.8. The Balaban J connectivity index is 1.67. The minimum Gasteiger partial charge on any atom is -0.340 e. The molecule has 1 atom stereocenters. The molecule has 2 heterocycles. The average Bonchev–Trinajstić information content (AvgIpc) is 2.92. The van der Waals surface area contributed by atoms with Gasteiger partial charge in [0, 0.05) is 26.1 Å². The number of nitrogens with zero attached hydrogens (tertiary/aromatic N) is 2. The lowest BCUT2D eigenvalue weighted by molar-refractivity contribution is -0.139. The summed E-state index contributed by atoms with van der Waals surface area (Å²) in [5.74, 6) is 0.287. The molecule has 1 unspecified atom stereocenters. The van der Waals surface area contributed by atoms with Crippen molar-refractivity contribution in [3.63, 3.8) is 0 Å². The van der Waals surface area contributed by atoms with Crippen LogP contribution in [-0.4, -0.2) is 47.3 Å². The Hall–Kier alpha value is -1.84. The second-order valence-electron chi connectivity index (χ2n) is 6.06. The summed E-state index contributed by atoms with van der Waals surface area (Å²) in [7, 11) is 0. The molecule has 2 aliphatic rings. The Labute approximate surface area is 125 Å². The fraction of sp³-hybridized carbons (Fsp3) is 0.529. The van der Waals surface area contributed by atoms with Crippen LogP contribution in [0.3, 0.4) is 0 Å². The second kappa shape index (κ2) is 5.88. The lowest BCUT2D eigenvalue weighted by atomic mass is 10.1. The molecule has 0 radical (unpaired) electrons. The topological polar surface area (TPSA) is 40.6 Å². The van der Waals surface area contributed by atoms with Crippen LogP contribution < -0.4 is 0 Å². The van der Waals surface area contributed by atoms with Gasteiger partial charge in [0.2, 0.25) is 11.8 Å². The Bertz CT molecular complexity index is 555. The van der Waals surface area contributed by atoms with Crippen molar-refractivity contribution >= 4 is 11.8 Å². The molecular formula is C17H22N2O2. The SMILES string of the molecule is Cc1cccc(CCN2CCC(=O)N3CCCC3C2=O)c1. The predicted octanol–water partition coefficient (Wildman–Crippen LogP) is 1.76. The van der Waals surface area contributed by atoms with E-state index in [9.17, 15) is 9.59 Å². The van der Waals surface area contributed by atoms with Gasteiger partial charge in [0.1, 0.15) is 6.04 Å². The van der Waals surface area contributed by atoms with Crippen molar-refractivity contribution < 1.29 is 9.59 Å². The van der Waals surface area contributed by atoms with Crippen LogP contribution in [0.5, 0.6) is 0 Å². The molecule has 3 rings (SSSR count). The normalized spacial score (nSPS) is 22.4. The standard InChI is InChI=1S/C17H22N2O2/c1-13-4-2-5-14(12-13)7-10-18-11-8-16(20)19-9-3-6-15(19)17(18)21/h2,4-5,12,15H,3,6-11H2,1H3. The number of rotatable bonds is 3. The maximum atomic E-state index is 12.6. The molecule has 2 aliphatic heterocycles. The first-order chi connectivity index (χ1) is 10.1. The third-order valence-electron chi connectivity index (χ3n) is 4.52. The zero-order valence-electron chi connectivity index (χ0n) is 12.5. The molecule has 4 heteroatoms. The fourth-order valence-corrected chi connectivity index (χ4v) is 3.37. The van der Waals surface area contributed by atoms with Crippen LogP contribution in [0.15, 0.2) is 24.3 Å². The van der Waals surface area contributed by atoms with Crippen LogP contribution in [0, 0.1) is 6.92 Å². The maximum Gasteiger partial charge on any atom is 0.245 e. The Morgan fingerprint density at radius 2 is 2.10 bits per heavy atom. The number of hydrogen-bond donors (Lipinski definition) is 0. The van der Waals surface area contributed by atoms with Crippen LogP contribution >= 0.6 is 0 Å². The smallest absolute Gasteiger partial charge is 0.245 e. The summed E-state index contributed by atoms with van der Waals surface area (Å²) in [6.07, 6.45) is 3.10. The first kappa shape index (κ1) is 14.1. The molecule has 4 nitrogen and oxygen atoms in total. The van der Waals surface area contributed by atoms with E-state index in [1.54, 1.807) is 4.90 Å². The van der Waals surface area contributed by atoms with E-state index in [1.165, 1.54) is 11.1 Å². The summed E-state index contributed by atoms with van der Waals surface area (Å²) in [6, 6.07) is 8.20. The molecule has 1 aromatic carbocycles. The highest BCUT2D eigenvalue weighted by molar-refractivity contribution is 5.90. The summed E-state index contributed by atoms with van der Waals surface area (Å²) >= 11 is 0. The van der Waals surface area contributed by atoms with E-state index in [0.29, 0.717) is 19.5 Å². The largest absolute Gasteiger partial charge is 0.340 e. The van der Waals surface area contributed by atoms with Crippen LogP contribution in [0.2, 0.25) is 0 Å². The first-order valence-electron chi connectivity index (χ1n) is 7.79. The van der Waals surface area contributed by atoms with Crippen molar-refractivity contribution in [3.8, 4) is 0 Å². The highest BCUT2D eigenvalue weighted by Gasteiger charge is 2.38. The van der Waals surface area contributed by atoms with E-state index in [4.69, 9.17) is 0 Å². The Morgan fingerprint density at radius 1 is 1.24 bits per heavy atom. The molecule has 2 fully saturated rings. The number of hydrogen-bond acceptors (Lipinski definition) is 2. The summed E-state index contributed by atoms with van der Waals surface area (Å²) in [5, 5.41) is 0. The van der Waals surface area contributed by atoms with Gasteiger partial charge in [-0.2, -0.15) is 0 Å². The molecule has 0 aromatic heterocycles. The second-order valence-corrected chi connectivity index (χ2v) is 6.06. The van der Waals surface area contributed by atoms with Crippen molar-refractivity contribution in [1.82, 2.24) is 9.80 Å². The molecule has 112 valence electrons. The van der Waals surface area contributed by atoms with Crippen LogP contribution in [0.1, 0.15) is 30.4 Å². The minimum atomic E-state index is -0.197. The van der Waals surface area contributed by atoms with E-state index in [-0.39, 0.29) is 17.9 Å². The number of carbonyl (C=O) groups excluding carboxylic acids is 2. The lowest BCUT2D eigenvalue weighted by Crippen LogP contribution is -2.44. The molecule has 1 aromatic rings. The van der Waals surface area contributed by atoms with E-state index in [2.05, 4.69) is 31.2 Å². The van der Waals surface area contributed by atoms with Gasteiger partial charge >= 0.3 is 0 Å². The van der Waals surface area contributed by atoms with Gasteiger partial charge in [-0.25, -0.2) is 0 Å². The van der Waals surface area contributed by atoms with Gasteiger partial charge in [-0.05, 0) is 31.7 Å². The van der Waals surface area contributed by atoms with Crippen LogP contribution in [-0.2, 0) is 16.0 Å². The number of carbonyl (C=O) groups is 2. The van der Waals surface area contributed by atoms with E-state index in [0.717, 1.165) is 25.8 Å². The summed E-state index contributed by atoms with van der Waals surface area (Å²) in [6.45, 7) is 4.10. The quantitative estimate of drug-likeness (QED) is 0.849. The van der Waals surface area contributed by atoms with Crippen molar-refractivity contribution in [2.75, 3.05) is 19.6 Å². The molecule has 0 saturated carbocycles. The molecule has 0 aliphatic carbocycles. The minimum absolute atomic E-state index is 0.143. The summed E-state index contributed by atoms with van der Waals surface area (Å²) in [5.41, 5.74) is 2.49. The Morgan fingerprint density at radius 3 is 2.90 bits per heavy atom. The molecular weight excluding hydrogens is 264 g/mol. The molecule has 21 heavy (non-hydrogen) atoms. The van der Waals surface area contributed by atoms with Gasteiger partial charge in [0.25, 0.3) is 0 Å². The van der Waals surface area contributed by atoms with Crippen molar-refractivity contribution in [3.05, 3.63) is 35.4 Å². The number of benzene rings is 1. The maximum absolute atomic E-state index is 12.6. The predicted molar refractivity (Wildman–Crippen MR) is 80.8 cm³/mol. The van der Waals surface area contributed by atoms with Gasteiger partial charge in [-0.15, -0.1) is 0 Å². The monoisotopic (exact) mass is 286 g/mol. The number of aryl methyl sites for hydroxylation is 1. The summed E-state index contributed by atoms with van der Waals surface area (Å²) in [4.78, 5) is 28.3. The van der Waals surface area contributed by atoms with E-state index in [1.807, 2.05) is 4.90 Å². The van der Waals surface area contributed by atoms with Crippen molar-refractivity contribution in [1.29, 1.82) is 0 Å². The highest BCUT2D eigenvalue weighted by atomic mass is 16.2. The molecule has 2 saturated heterocycles. The third kappa shape index (κ3) is 2.94. The Kier molecular flexibility index (Phi) is 3.95. The van der Waals surface area contributed by atoms with Crippen LogP contribution in [0.4, 0.5) is 0 Å². The van der Waals surface area contributed by atoms with Gasteiger partial charge in [0.15, 0.2) is 0 Å². The van der Waals surface area contributed by atoms with Gasteiger partial charge in [0.05, 0.1) is 0 Å². The van der Waals surface area contributed by atoms with Crippen molar-refractivity contribution in [2.45, 2.75) is 38.6 Å². The highest BCUT2D eigenvalue weighted by Crippen LogP contribution is 2.23. The van der Waals surface area contributed by atoms with Gasteiger partial charge < -0.3 is 9.80 Å². The zero-order valence-corrected chi connectivity index (χ0v) is 12.5. The summed E-state index contributed by atoms with van der Waals surface area (Å²) < 4.78 is 0. The molecule has 0 spiro atoms. The van der Waals surface area contributed by atoms with E-state index < -0.39 is 0 Å². The van der Waals surface area contributed by atoms with Gasteiger partial charge in [-0.1, -0.05) is 29.8 Å². The van der Waals surface area contributed by atoms with Crippen molar-refractivity contribution in [2.24, 2.45) is 0 Å². The van der Waals surface area contributed by atoms with E-state index >= 15 is 0 Å². The van der Waals surface area contributed by atoms with Gasteiger partial charge in [-0.3, -0.25) is 9.59 Å². The molecule has 0 N–H and O–H groups in total. The molecule has 2 amide bonds. The van der Waals surface area contributed by atoms with Crippen LogP contribution in [0.25, 0.3) is 0 Å². The third-order valence-corrected chi connectivity index (χ3v) is 4.52. The average molecular weight is 286 g/mol. The fourth-order valence-electron chi connectivity index (χ4n) is 3.37. The lowest BCUT2D eigenvalue weighted by Gasteiger charge is -2.25. The first-order valence-corrected chi connectivity index (χ1v) is 7.79. The number of fused-ring (bicyclic) bond motifs is 1.